The van der Waals surface area contributed by atoms with Crippen LogP contribution in [0.1, 0.15) is 5.69 Å². The van der Waals surface area contributed by atoms with Gasteiger partial charge in [-0.3, -0.25) is 4.98 Å². The second kappa shape index (κ2) is 8.94. The number of benzene rings is 2. The zero-order valence-electron chi connectivity index (χ0n) is 18.1. The van der Waals surface area contributed by atoms with Crippen molar-refractivity contribution in [1.82, 2.24) is 14.7 Å². The Morgan fingerprint density at radius 2 is 1.72 bits per heavy atom. The fraction of sp³-hybridized carbons (Fsp3) is 0.167. The fourth-order valence-electron chi connectivity index (χ4n) is 3.55. The monoisotopic (exact) mass is 448 g/mol. The summed E-state index contributed by atoms with van der Waals surface area (Å²) in [4.78, 5) is 11.1. The van der Waals surface area contributed by atoms with Crippen LogP contribution in [0, 0.1) is 0 Å². The quantitative estimate of drug-likeness (QED) is 0.462. The number of hydrogen-bond acceptors (Lipinski definition) is 6. The van der Waals surface area contributed by atoms with Gasteiger partial charge in [0.1, 0.15) is 5.75 Å². The van der Waals surface area contributed by atoms with E-state index < -0.39 is 10.0 Å². The van der Waals surface area contributed by atoms with Gasteiger partial charge in [0.05, 0.1) is 35.6 Å². The van der Waals surface area contributed by atoms with Crippen LogP contribution in [0.2, 0.25) is 0 Å². The van der Waals surface area contributed by atoms with E-state index >= 15 is 0 Å². The van der Waals surface area contributed by atoms with Gasteiger partial charge in [-0.2, -0.15) is 0 Å². The van der Waals surface area contributed by atoms with E-state index in [0.717, 1.165) is 11.1 Å². The van der Waals surface area contributed by atoms with Gasteiger partial charge in [-0.1, -0.05) is 30.3 Å². The van der Waals surface area contributed by atoms with Gasteiger partial charge in [0.15, 0.2) is 0 Å². The average Bonchev–Trinajstić information content (AvgIpc) is 2.82. The summed E-state index contributed by atoms with van der Waals surface area (Å²) in [6.45, 7) is 0.0170. The molecule has 0 aliphatic heterocycles. The highest BCUT2D eigenvalue weighted by Gasteiger charge is 2.19. The number of nitrogens with zero attached hydrogens (tertiary/aromatic N) is 3. The minimum absolute atomic E-state index is 0.0170. The SMILES string of the molecule is COc1cc(CNS(=O)(=O)c2cccc3c(N(C)C)cccc23)nc(-c2ccccn2)c1. The molecule has 8 heteroatoms. The van der Waals surface area contributed by atoms with Crippen molar-refractivity contribution in [2.75, 3.05) is 26.1 Å². The number of hydrogen-bond donors (Lipinski definition) is 1. The first kappa shape index (κ1) is 21.7. The molecule has 0 amide bonds. The Labute approximate surface area is 187 Å². The van der Waals surface area contributed by atoms with Gasteiger partial charge in [-0.05, 0) is 24.3 Å². The Morgan fingerprint density at radius 1 is 0.938 bits per heavy atom. The minimum Gasteiger partial charge on any atom is -0.497 e. The number of fused-ring (bicyclic) bond motifs is 1. The maximum absolute atomic E-state index is 13.2. The molecule has 32 heavy (non-hydrogen) atoms. The number of sulfonamides is 1. The van der Waals surface area contributed by atoms with Gasteiger partial charge in [0, 0.05) is 48.9 Å². The number of rotatable bonds is 7. The predicted molar refractivity (Wildman–Crippen MR) is 126 cm³/mol. The first-order valence-corrected chi connectivity index (χ1v) is 11.5. The third-order valence-corrected chi connectivity index (χ3v) is 6.55. The van der Waals surface area contributed by atoms with E-state index in [1.165, 1.54) is 0 Å². The van der Waals surface area contributed by atoms with E-state index in [1.54, 1.807) is 37.6 Å². The topological polar surface area (TPSA) is 84.4 Å². The molecule has 164 valence electrons. The van der Waals surface area contributed by atoms with Crippen molar-refractivity contribution < 1.29 is 13.2 Å². The molecule has 2 aromatic carbocycles. The second-order valence-electron chi connectivity index (χ2n) is 7.45. The van der Waals surface area contributed by atoms with Crippen molar-refractivity contribution >= 4 is 26.5 Å². The van der Waals surface area contributed by atoms with Gasteiger partial charge >= 0.3 is 0 Å². The molecular weight excluding hydrogens is 424 g/mol. The minimum atomic E-state index is -3.79. The molecule has 1 N–H and O–H groups in total. The summed E-state index contributed by atoms with van der Waals surface area (Å²) >= 11 is 0. The van der Waals surface area contributed by atoms with Crippen molar-refractivity contribution in [3.05, 3.63) is 78.6 Å². The summed E-state index contributed by atoms with van der Waals surface area (Å²) in [7, 11) is 1.63. The number of methoxy groups -OCH3 is 1. The highest BCUT2D eigenvalue weighted by molar-refractivity contribution is 7.89. The molecule has 0 atom stereocenters. The molecule has 0 saturated carbocycles. The van der Waals surface area contributed by atoms with Gasteiger partial charge in [0.25, 0.3) is 0 Å². The highest BCUT2D eigenvalue weighted by Crippen LogP contribution is 2.30. The van der Waals surface area contributed by atoms with Crippen molar-refractivity contribution in [3.8, 4) is 17.1 Å². The summed E-state index contributed by atoms with van der Waals surface area (Å²) in [6, 6.07) is 20.0. The number of pyridine rings is 2. The number of aromatic nitrogens is 2. The molecule has 0 bridgehead atoms. The van der Waals surface area contributed by atoms with Crippen molar-refractivity contribution in [2.45, 2.75) is 11.4 Å². The van der Waals surface area contributed by atoms with Gasteiger partial charge in [-0.25, -0.2) is 18.1 Å². The van der Waals surface area contributed by atoms with Crippen LogP contribution in [0.5, 0.6) is 5.75 Å². The third-order valence-electron chi connectivity index (χ3n) is 5.09. The summed E-state index contributed by atoms with van der Waals surface area (Å²) in [6.07, 6.45) is 1.68. The van der Waals surface area contributed by atoms with E-state index in [4.69, 9.17) is 4.74 Å². The predicted octanol–water partition coefficient (Wildman–Crippen LogP) is 3.85. The number of anilines is 1. The van der Waals surface area contributed by atoms with Crippen molar-refractivity contribution in [3.63, 3.8) is 0 Å². The van der Waals surface area contributed by atoms with E-state index in [0.29, 0.717) is 28.2 Å². The van der Waals surface area contributed by atoms with E-state index in [1.807, 2.05) is 61.5 Å². The summed E-state index contributed by atoms with van der Waals surface area (Å²) in [5.41, 5.74) is 2.78. The smallest absolute Gasteiger partial charge is 0.241 e. The van der Waals surface area contributed by atoms with Crippen LogP contribution < -0.4 is 14.4 Å². The van der Waals surface area contributed by atoms with Crippen LogP contribution in [-0.2, 0) is 16.6 Å². The number of ether oxygens (including phenoxy) is 1. The van der Waals surface area contributed by atoms with E-state index in [2.05, 4.69) is 14.7 Å². The Balaban J connectivity index is 1.67. The van der Waals surface area contributed by atoms with Gasteiger partial charge < -0.3 is 9.64 Å². The summed E-state index contributed by atoms with van der Waals surface area (Å²) in [5.74, 6) is 0.579. The Morgan fingerprint density at radius 3 is 2.44 bits per heavy atom. The van der Waals surface area contributed by atoms with Crippen LogP contribution in [0.15, 0.2) is 77.8 Å². The molecule has 0 aliphatic carbocycles. The maximum atomic E-state index is 13.2. The number of nitrogens with one attached hydrogen (secondary N) is 1. The van der Waals surface area contributed by atoms with E-state index in [9.17, 15) is 8.42 Å². The lowest BCUT2D eigenvalue weighted by Gasteiger charge is -2.17. The Hall–Kier alpha value is -3.49. The second-order valence-corrected chi connectivity index (χ2v) is 9.18. The van der Waals surface area contributed by atoms with Crippen LogP contribution in [0.25, 0.3) is 22.2 Å². The first-order chi connectivity index (χ1) is 15.4. The zero-order valence-corrected chi connectivity index (χ0v) is 18.9. The van der Waals surface area contributed by atoms with E-state index in [-0.39, 0.29) is 11.4 Å². The summed E-state index contributed by atoms with van der Waals surface area (Å²) < 4.78 is 34.5. The normalized spacial score (nSPS) is 11.5. The van der Waals surface area contributed by atoms with Crippen molar-refractivity contribution in [2.24, 2.45) is 0 Å². The molecule has 0 saturated heterocycles. The molecule has 0 unspecified atom stereocenters. The summed E-state index contributed by atoms with van der Waals surface area (Å²) in [5, 5.41) is 1.54. The molecule has 7 nitrogen and oxygen atoms in total. The zero-order chi connectivity index (χ0) is 22.7. The van der Waals surface area contributed by atoms with Crippen LogP contribution in [0.3, 0.4) is 0 Å². The fourth-order valence-corrected chi connectivity index (χ4v) is 4.77. The molecule has 0 aliphatic rings. The standard InChI is InChI=1S/C24H24N4O3S/c1-28(2)23-11-6-9-20-19(23)8-7-12-24(20)32(29,30)26-16-17-14-18(31-3)15-22(27-17)21-10-4-5-13-25-21/h4-15,26H,16H2,1-3H3. The molecular formula is C24H24N4O3S. The third kappa shape index (κ3) is 4.42. The first-order valence-electron chi connectivity index (χ1n) is 10.0. The highest BCUT2D eigenvalue weighted by atomic mass is 32.2. The maximum Gasteiger partial charge on any atom is 0.241 e. The Bertz CT molecular complexity index is 1360. The van der Waals surface area contributed by atoms with Gasteiger partial charge in [0.2, 0.25) is 10.0 Å². The van der Waals surface area contributed by atoms with Crippen molar-refractivity contribution in [1.29, 1.82) is 0 Å². The lowest BCUT2D eigenvalue weighted by Crippen LogP contribution is -2.24. The van der Waals surface area contributed by atoms with Crippen LogP contribution >= 0.6 is 0 Å². The molecule has 0 fully saturated rings. The molecule has 2 heterocycles. The molecule has 4 aromatic rings. The lowest BCUT2D eigenvalue weighted by molar-refractivity contribution is 0.413. The molecule has 2 aromatic heterocycles. The van der Waals surface area contributed by atoms with Crippen LogP contribution in [-0.4, -0.2) is 39.6 Å². The van der Waals surface area contributed by atoms with Gasteiger partial charge in [-0.15, -0.1) is 0 Å². The molecule has 0 spiro atoms. The largest absolute Gasteiger partial charge is 0.497 e. The lowest BCUT2D eigenvalue weighted by atomic mass is 10.1. The Kier molecular flexibility index (Phi) is 6.07. The molecule has 0 radical (unpaired) electrons. The van der Waals surface area contributed by atoms with Crippen LogP contribution in [0.4, 0.5) is 5.69 Å². The molecule has 4 rings (SSSR count). The average molecular weight is 449 g/mol.